The number of piperidine rings is 1. The van der Waals surface area contributed by atoms with E-state index in [4.69, 9.17) is 0 Å². The van der Waals surface area contributed by atoms with Crippen LogP contribution in [0.2, 0.25) is 0 Å². The Balaban J connectivity index is 1.48. The standard InChI is InChI=1S/C22H26N4O5/c1-21(2)20(22(21,3)4)25-15(28)10-23-12-7-5-6-11-16(12)19(31)26(18(11)30)13-8-9-14(27)24-17(13)29/h5-7,13,20,23H,8-10H2,1-4H3,(H,25,28)(H,24,27,29). The molecule has 3 aliphatic rings. The topological polar surface area (TPSA) is 125 Å². The molecule has 2 fully saturated rings. The molecule has 0 radical (unpaired) electrons. The number of benzene rings is 1. The first kappa shape index (κ1) is 21.0. The first-order valence-corrected chi connectivity index (χ1v) is 10.3. The molecular formula is C22H26N4O5. The predicted molar refractivity (Wildman–Crippen MR) is 111 cm³/mol. The molecule has 1 atom stereocenters. The highest BCUT2D eigenvalue weighted by Crippen LogP contribution is 2.62. The Morgan fingerprint density at radius 2 is 1.77 bits per heavy atom. The van der Waals surface area contributed by atoms with Crippen LogP contribution in [0.15, 0.2) is 18.2 Å². The van der Waals surface area contributed by atoms with Gasteiger partial charge < -0.3 is 10.6 Å². The molecule has 2 heterocycles. The number of hydrogen-bond donors (Lipinski definition) is 3. The quantitative estimate of drug-likeness (QED) is 0.605. The van der Waals surface area contributed by atoms with Crippen LogP contribution in [0, 0.1) is 10.8 Å². The zero-order valence-corrected chi connectivity index (χ0v) is 18.0. The van der Waals surface area contributed by atoms with Gasteiger partial charge in [0.1, 0.15) is 6.04 Å². The van der Waals surface area contributed by atoms with Gasteiger partial charge in [-0.3, -0.25) is 34.2 Å². The first-order valence-electron chi connectivity index (χ1n) is 10.3. The Bertz CT molecular complexity index is 1010. The van der Waals surface area contributed by atoms with Crippen molar-refractivity contribution in [1.29, 1.82) is 0 Å². The summed E-state index contributed by atoms with van der Waals surface area (Å²) in [5.41, 5.74) is 0.667. The molecule has 9 nitrogen and oxygen atoms in total. The molecule has 1 aliphatic carbocycles. The van der Waals surface area contributed by atoms with Crippen LogP contribution in [0.1, 0.15) is 61.3 Å². The second kappa shape index (κ2) is 6.90. The summed E-state index contributed by atoms with van der Waals surface area (Å²) < 4.78 is 0. The minimum Gasteiger partial charge on any atom is -0.375 e. The van der Waals surface area contributed by atoms with E-state index in [1.54, 1.807) is 12.1 Å². The first-order chi connectivity index (χ1) is 14.5. The summed E-state index contributed by atoms with van der Waals surface area (Å²) in [5, 5.41) is 8.15. The highest BCUT2D eigenvalue weighted by Gasteiger charge is 2.65. The summed E-state index contributed by atoms with van der Waals surface area (Å²) in [4.78, 5) is 62.9. The largest absolute Gasteiger partial charge is 0.375 e. The van der Waals surface area contributed by atoms with E-state index in [2.05, 4.69) is 43.6 Å². The average Bonchev–Trinajstić information content (AvgIpc) is 2.94. The average molecular weight is 426 g/mol. The van der Waals surface area contributed by atoms with Gasteiger partial charge in [-0.15, -0.1) is 0 Å². The van der Waals surface area contributed by atoms with E-state index in [1.165, 1.54) is 6.07 Å². The maximum Gasteiger partial charge on any atom is 0.264 e. The molecule has 0 aromatic heterocycles. The van der Waals surface area contributed by atoms with Crippen molar-refractivity contribution < 1.29 is 24.0 Å². The van der Waals surface area contributed by atoms with Crippen LogP contribution >= 0.6 is 0 Å². The van der Waals surface area contributed by atoms with E-state index in [0.29, 0.717) is 5.69 Å². The van der Waals surface area contributed by atoms with Crippen molar-refractivity contribution in [2.75, 3.05) is 11.9 Å². The fourth-order valence-electron chi connectivity index (χ4n) is 4.61. The number of nitrogens with one attached hydrogen (secondary N) is 3. The van der Waals surface area contributed by atoms with Crippen molar-refractivity contribution in [1.82, 2.24) is 15.5 Å². The minimum atomic E-state index is -1.03. The molecule has 164 valence electrons. The lowest BCUT2D eigenvalue weighted by molar-refractivity contribution is -0.136. The van der Waals surface area contributed by atoms with Crippen LogP contribution in [-0.4, -0.2) is 53.1 Å². The van der Waals surface area contributed by atoms with Crippen molar-refractivity contribution in [3.05, 3.63) is 29.3 Å². The number of hydrogen-bond acceptors (Lipinski definition) is 6. The molecule has 5 amide bonds. The molecule has 0 spiro atoms. The predicted octanol–water partition coefficient (Wildman–Crippen LogP) is 1.05. The summed E-state index contributed by atoms with van der Waals surface area (Å²) in [7, 11) is 0. The summed E-state index contributed by atoms with van der Waals surface area (Å²) in [5.74, 6) is -2.48. The van der Waals surface area contributed by atoms with Gasteiger partial charge in [0.25, 0.3) is 11.8 Å². The number of imide groups is 2. The Morgan fingerprint density at radius 3 is 2.39 bits per heavy atom. The fraction of sp³-hybridized carbons (Fsp3) is 0.500. The van der Waals surface area contributed by atoms with Gasteiger partial charge in [-0.2, -0.15) is 0 Å². The molecule has 1 saturated heterocycles. The van der Waals surface area contributed by atoms with Crippen LogP contribution in [0.5, 0.6) is 0 Å². The van der Waals surface area contributed by atoms with Crippen LogP contribution in [0.3, 0.4) is 0 Å². The third-order valence-corrected chi connectivity index (χ3v) is 7.23. The van der Waals surface area contributed by atoms with Crippen molar-refractivity contribution in [3.63, 3.8) is 0 Å². The molecule has 2 aliphatic heterocycles. The van der Waals surface area contributed by atoms with E-state index >= 15 is 0 Å². The second-order valence-corrected chi connectivity index (χ2v) is 9.47. The van der Waals surface area contributed by atoms with E-state index in [9.17, 15) is 24.0 Å². The number of rotatable bonds is 5. The highest BCUT2D eigenvalue weighted by atomic mass is 16.2. The summed E-state index contributed by atoms with van der Waals surface area (Å²) >= 11 is 0. The Labute approximate surface area is 179 Å². The third-order valence-electron chi connectivity index (χ3n) is 7.23. The lowest BCUT2D eigenvalue weighted by Crippen LogP contribution is -2.54. The van der Waals surface area contributed by atoms with E-state index in [1.807, 2.05) is 0 Å². The Hall–Kier alpha value is -3.23. The van der Waals surface area contributed by atoms with Crippen LogP contribution in [-0.2, 0) is 14.4 Å². The van der Waals surface area contributed by atoms with E-state index < -0.39 is 29.7 Å². The van der Waals surface area contributed by atoms with Crippen molar-refractivity contribution >= 4 is 35.2 Å². The SMILES string of the molecule is CC1(C)C(NC(=O)CNc2cccc3c2C(=O)N(C2CCC(=O)NC2=O)C3=O)C1(C)C. The van der Waals surface area contributed by atoms with Gasteiger partial charge in [-0.1, -0.05) is 33.8 Å². The molecule has 9 heteroatoms. The highest BCUT2D eigenvalue weighted by molar-refractivity contribution is 6.25. The molecule has 4 rings (SSSR count). The molecule has 1 aromatic rings. The Morgan fingerprint density at radius 1 is 1.10 bits per heavy atom. The zero-order chi connectivity index (χ0) is 22.7. The van der Waals surface area contributed by atoms with E-state index in [0.717, 1.165) is 4.90 Å². The van der Waals surface area contributed by atoms with Crippen molar-refractivity contribution in [3.8, 4) is 0 Å². The lowest BCUT2D eigenvalue weighted by Gasteiger charge is -2.27. The van der Waals surface area contributed by atoms with Gasteiger partial charge in [0, 0.05) is 18.2 Å². The Kier molecular flexibility index (Phi) is 4.68. The molecule has 3 N–H and O–H groups in total. The molecule has 31 heavy (non-hydrogen) atoms. The monoisotopic (exact) mass is 426 g/mol. The number of amides is 5. The normalized spacial score (nSPS) is 24.0. The number of carbonyl (C=O) groups excluding carboxylic acids is 5. The van der Waals surface area contributed by atoms with Crippen LogP contribution < -0.4 is 16.0 Å². The van der Waals surface area contributed by atoms with Crippen molar-refractivity contribution in [2.45, 2.75) is 52.6 Å². The fourth-order valence-corrected chi connectivity index (χ4v) is 4.61. The summed E-state index contributed by atoms with van der Waals surface area (Å²) in [6.45, 7) is 8.35. The number of fused-ring (bicyclic) bond motifs is 1. The summed E-state index contributed by atoms with van der Waals surface area (Å²) in [6, 6.07) is 3.78. The molecular weight excluding hydrogens is 400 g/mol. The van der Waals surface area contributed by atoms with Gasteiger partial charge >= 0.3 is 0 Å². The smallest absolute Gasteiger partial charge is 0.264 e. The van der Waals surface area contributed by atoms with Gasteiger partial charge in [0.2, 0.25) is 17.7 Å². The van der Waals surface area contributed by atoms with Crippen molar-refractivity contribution in [2.24, 2.45) is 10.8 Å². The zero-order valence-electron chi connectivity index (χ0n) is 18.0. The maximum atomic E-state index is 13.1. The van der Waals surface area contributed by atoms with Gasteiger partial charge in [-0.25, -0.2) is 0 Å². The second-order valence-electron chi connectivity index (χ2n) is 9.47. The summed E-state index contributed by atoms with van der Waals surface area (Å²) in [6.07, 6.45) is 0.150. The number of nitrogens with zero attached hydrogens (tertiary/aromatic N) is 1. The minimum absolute atomic E-state index is 0.00148. The number of carbonyl (C=O) groups is 5. The van der Waals surface area contributed by atoms with Crippen LogP contribution in [0.4, 0.5) is 5.69 Å². The lowest BCUT2D eigenvalue weighted by atomic mass is 10.0. The molecule has 1 unspecified atom stereocenters. The van der Waals surface area contributed by atoms with Gasteiger partial charge in [0.05, 0.1) is 17.7 Å². The molecule has 1 saturated carbocycles. The van der Waals surface area contributed by atoms with Crippen LogP contribution in [0.25, 0.3) is 0 Å². The number of anilines is 1. The molecule has 0 bridgehead atoms. The molecule has 1 aromatic carbocycles. The van der Waals surface area contributed by atoms with E-state index in [-0.39, 0.29) is 53.3 Å². The third kappa shape index (κ3) is 3.19. The van der Waals surface area contributed by atoms with Gasteiger partial charge in [-0.05, 0) is 29.4 Å². The maximum absolute atomic E-state index is 13.1. The van der Waals surface area contributed by atoms with Gasteiger partial charge in [0.15, 0.2) is 0 Å².